The minimum absolute atomic E-state index is 0.0776. The zero-order valence-electron chi connectivity index (χ0n) is 14.0. The van der Waals surface area contributed by atoms with Crippen LogP contribution in [0.25, 0.3) is 10.9 Å². The lowest BCUT2D eigenvalue weighted by Crippen LogP contribution is -2.44. The second-order valence-electron chi connectivity index (χ2n) is 6.51. The summed E-state index contributed by atoms with van der Waals surface area (Å²) in [6.45, 7) is 5.73. The predicted octanol–water partition coefficient (Wildman–Crippen LogP) is 2.15. The van der Waals surface area contributed by atoms with Crippen molar-refractivity contribution in [2.24, 2.45) is 13.0 Å². The van der Waals surface area contributed by atoms with Gasteiger partial charge in [-0.2, -0.15) is 0 Å². The van der Waals surface area contributed by atoms with E-state index in [9.17, 15) is 8.42 Å². The SMILES string of the molecule is Cc1c(S(=O)(=O)NC(C)C2CCCNC2)c2ccccc2n1C. The number of sulfonamides is 1. The Kier molecular flexibility index (Phi) is 4.49. The lowest BCUT2D eigenvalue weighted by Gasteiger charge is -2.28. The normalized spacial score (nSPS) is 20.7. The molecule has 6 heteroatoms. The molecule has 1 aromatic heterocycles. The highest BCUT2D eigenvalue weighted by atomic mass is 32.2. The summed E-state index contributed by atoms with van der Waals surface area (Å²) < 4.78 is 30.8. The van der Waals surface area contributed by atoms with E-state index in [1.807, 2.05) is 49.7 Å². The Balaban J connectivity index is 1.95. The third-order valence-corrected chi connectivity index (χ3v) is 6.73. The maximum atomic E-state index is 13.0. The summed E-state index contributed by atoms with van der Waals surface area (Å²) in [4.78, 5) is 0.409. The van der Waals surface area contributed by atoms with Gasteiger partial charge in [0.15, 0.2) is 0 Å². The molecule has 23 heavy (non-hydrogen) atoms. The monoisotopic (exact) mass is 335 g/mol. The van der Waals surface area contributed by atoms with Crippen molar-refractivity contribution in [1.82, 2.24) is 14.6 Å². The largest absolute Gasteiger partial charge is 0.347 e. The summed E-state index contributed by atoms with van der Waals surface area (Å²) >= 11 is 0. The predicted molar refractivity (Wildman–Crippen MR) is 93.0 cm³/mol. The van der Waals surface area contributed by atoms with Gasteiger partial charge in [0.1, 0.15) is 4.90 Å². The van der Waals surface area contributed by atoms with Crippen molar-refractivity contribution in [3.05, 3.63) is 30.0 Å². The van der Waals surface area contributed by atoms with Gasteiger partial charge in [0.25, 0.3) is 0 Å². The molecule has 0 amide bonds. The zero-order chi connectivity index (χ0) is 16.6. The van der Waals surface area contributed by atoms with E-state index < -0.39 is 10.0 Å². The van der Waals surface area contributed by atoms with E-state index in [-0.39, 0.29) is 6.04 Å². The number of para-hydroxylation sites is 1. The number of nitrogens with one attached hydrogen (secondary N) is 2. The van der Waals surface area contributed by atoms with Crippen LogP contribution in [0.1, 0.15) is 25.5 Å². The van der Waals surface area contributed by atoms with Crippen molar-refractivity contribution in [3.8, 4) is 0 Å². The first-order valence-electron chi connectivity index (χ1n) is 8.19. The average molecular weight is 335 g/mol. The van der Waals surface area contributed by atoms with E-state index in [0.717, 1.165) is 42.5 Å². The number of hydrogen-bond acceptors (Lipinski definition) is 3. The summed E-state index contributed by atoms with van der Waals surface area (Å²) in [6.07, 6.45) is 2.16. The Hall–Kier alpha value is -1.37. The van der Waals surface area contributed by atoms with Gasteiger partial charge in [-0.3, -0.25) is 0 Å². The first kappa shape index (κ1) is 16.5. The summed E-state index contributed by atoms with van der Waals surface area (Å²) in [5.41, 5.74) is 1.71. The van der Waals surface area contributed by atoms with E-state index in [2.05, 4.69) is 10.0 Å². The fourth-order valence-electron chi connectivity index (χ4n) is 3.53. The van der Waals surface area contributed by atoms with Crippen LogP contribution >= 0.6 is 0 Å². The topological polar surface area (TPSA) is 63.1 Å². The Bertz CT molecular complexity index is 805. The number of piperidine rings is 1. The van der Waals surface area contributed by atoms with Crippen molar-refractivity contribution in [2.45, 2.75) is 37.6 Å². The number of nitrogens with zero attached hydrogens (tertiary/aromatic N) is 1. The van der Waals surface area contributed by atoms with Gasteiger partial charge in [0.2, 0.25) is 10.0 Å². The molecule has 2 N–H and O–H groups in total. The number of rotatable bonds is 4. The van der Waals surface area contributed by atoms with Crippen LogP contribution in [0, 0.1) is 12.8 Å². The van der Waals surface area contributed by atoms with Crippen LogP contribution in [0.2, 0.25) is 0 Å². The summed E-state index contributed by atoms with van der Waals surface area (Å²) in [5.74, 6) is 0.341. The molecule has 2 atom stereocenters. The van der Waals surface area contributed by atoms with E-state index in [1.165, 1.54) is 0 Å². The van der Waals surface area contributed by atoms with Crippen molar-refractivity contribution in [2.75, 3.05) is 13.1 Å². The molecular formula is C17H25N3O2S. The molecule has 1 aliphatic rings. The molecule has 2 aromatic rings. The lowest BCUT2D eigenvalue weighted by molar-refractivity contribution is 0.320. The minimum atomic E-state index is -3.54. The van der Waals surface area contributed by atoms with Crippen molar-refractivity contribution < 1.29 is 8.42 Å². The first-order valence-corrected chi connectivity index (χ1v) is 9.67. The van der Waals surface area contributed by atoms with Gasteiger partial charge in [0, 0.05) is 29.7 Å². The molecule has 1 aliphatic heterocycles. The van der Waals surface area contributed by atoms with Crippen LogP contribution in [0.15, 0.2) is 29.2 Å². The molecule has 2 unspecified atom stereocenters. The Labute approximate surface area is 138 Å². The molecule has 0 bridgehead atoms. The van der Waals surface area contributed by atoms with Crippen molar-refractivity contribution in [3.63, 3.8) is 0 Å². The highest BCUT2D eigenvalue weighted by molar-refractivity contribution is 7.89. The first-order chi connectivity index (χ1) is 10.9. The van der Waals surface area contributed by atoms with Gasteiger partial charge >= 0.3 is 0 Å². The van der Waals surface area contributed by atoms with E-state index in [0.29, 0.717) is 10.8 Å². The molecule has 0 radical (unpaired) electrons. The minimum Gasteiger partial charge on any atom is -0.347 e. The molecule has 126 valence electrons. The Morgan fingerprint density at radius 3 is 2.78 bits per heavy atom. The Morgan fingerprint density at radius 1 is 1.35 bits per heavy atom. The molecule has 0 aliphatic carbocycles. The smallest absolute Gasteiger partial charge is 0.243 e. The second-order valence-corrected chi connectivity index (χ2v) is 8.16. The van der Waals surface area contributed by atoms with Gasteiger partial charge in [0.05, 0.1) is 0 Å². The molecule has 2 heterocycles. The molecule has 1 saturated heterocycles. The maximum Gasteiger partial charge on any atom is 0.243 e. The fraction of sp³-hybridized carbons (Fsp3) is 0.529. The molecule has 3 rings (SSSR count). The van der Waals surface area contributed by atoms with Crippen LogP contribution < -0.4 is 10.0 Å². The second kappa shape index (κ2) is 6.26. The summed E-state index contributed by atoms with van der Waals surface area (Å²) in [5, 5.41) is 4.13. The number of benzene rings is 1. The maximum absolute atomic E-state index is 13.0. The van der Waals surface area contributed by atoms with Crippen LogP contribution in [-0.4, -0.2) is 32.1 Å². The van der Waals surface area contributed by atoms with Crippen LogP contribution in [0.5, 0.6) is 0 Å². The standard InChI is InChI=1S/C17H25N3O2S/c1-12(14-7-6-10-18-11-14)19-23(21,22)17-13(2)20(3)16-9-5-4-8-15(16)17/h4-5,8-9,12,14,18-19H,6-7,10-11H2,1-3H3. The van der Waals surface area contributed by atoms with Crippen molar-refractivity contribution >= 4 is 20.9 Å². The van der Waals surface area contributed by atoms with Crippen LogP contribution in [0.3, 0.4) is 0 Å². The Morgan fingerprint density at radius 2 is 2.09 bits per heavy atom. The van der Waals surface area contributed by atoms with Gasteiger partial charge in [-0.15, -0.1) is 0 Å². The summed E-state index contributed by atoms with van der Waals surface area (Å²) in [6, 6.07) is 7.57. The van der Waals surface area contributed by atoms with Gasteiger partial charge in [-0.1, -0.05) is 18.2 Å². The zero-order valence-corrected chi connectivity index (χ0v) is 14.8. The van der Waals surface area contributed by atoms with E-state index >= 15 is 0 Å². The highest BCUT2D eigenvalue weighted by Gasteiger charge is 2.29. The third kappa shape index (κ3) is 3.03. The van der Waals surface area contributed by atoms with E-state index in [4.69, 9.17) is 0 Å². The number of hydrogen-bond donors (Lipinski definition) is 2. The van der Waals surface area contributed by atoms with Crippen LogP contribution in [0.4, 0.5) is 0 Å². The molecule has 0 spiro atoms. The molecule has 1 fully saturated rings. The third-order valence-electron chi connectivity index (χ3n) is 4.99. The molecule has 5 nitrogen and oxygen atoms in total. The van der Waals surface area contributed by atoms with E-state index in [1.54, 1.807) is 0 Å². The average Bonchev–Trinajstić information content (AvgIpc) is 2.80. The molecule has 0 saturated carbocycles. The molecular weight excluding hydrogens is 310 g/mol. The number of aromatic nitrogens is 1. The number of fused-ring (bicyclic) bond motifs is 1. The fourth-order valence-corrected chi connectivity index (χ4v) is 5.32. The summed E-state index contributed by atoms with van der Waals surface area (Å²) in [7, 11) is -1.64. The molecule has 1 aromatic carbocycles. The van der Waals surface area contributed by atoms with Gasteiger partial charge < -0.3 is 9.88 Å². The van der Waals surface area contributed by atoms with Crippen molar-refractivity contribution in [1.29, 1.82) is 0 Å². The highest BCUT2D eigenvalue weighted by Crippen LogP contribution is 2.29. The lowest BCUT2D eigenvalue weighted by atomic mass is 9.94. The number of aryl methyl sites for hydroxylation is 1. The van der Waals surface area contributed by atoms with Crippen LogP contribution in [-0.2, 0) is 17.1 Å². The van der Waals surface area contributed by atoms with Gasteiger partial charge in [-0.25, -0.2) is 13.1 Å². The van der Waals surface area contributed by atoms with Gasteiger partial charge in [-0.05, 0) is 51.8 Å². The quantitative estimate of drug-likeness (QED) is 0.900.